The lowest BCUT2D eigenvalue weighted by molar-refractivity contribution is 0.117. The smallest absolute Gasteiger partial charge is 0.318 e. The van der Waals surface area contributed by atoms with E-state index in [1.165, 1.54) is 22.3 Å². The molecule has 3 aromatic carbocycles. The molecule has 1 N–H and O–H groups in total. The highest BCUT2D eigenvalue weighted by atomic mass is 16.2. The summed E-state index contributed by atoms with van der Waals surface area (Å²) >= 11 is 0. The minimum Gasteiger partial charge on any atom is -0.327 e. The lowest BCUT2D eigenvalue weighted by atomic mass is 9.88. The van der Waals surface area contributed by atoms with Crippen LogP contribution in [0.25, 0.3) is 0 Å². The molecule has 0 aromatic heterocycles. The monoisotopic (exact) mass is 491 g/mol. The molecule has 4 heteroatoms. The van der Waals surface area contributed by atoms with Crippen LogP contribution in [0.3, 0.4) is 0 Å². The zero-order chi connectivity index (χ0) is 25.6. The molecule has 2 aliphatic rings. The molecule has 1 heterocycles. The summed E-state index contributed by atoms with van der Waals surface area (Å²) in [5, 5.41) is 3.32. The fraction of sp³-hybridized carbons (Fsp3) is 0.303. The summed E-state index contributed by atoms with van der Waals surface area (Å²) < 4.78 is 0. The van der Waals surface area contributed by atoms with Gasteiger partial charge in [-0.2, -0.15) is 0 Å². The van der Waals surface area contributed by atoms with Gasteiger partial charge in [-0.15, -0.1) is 0 Å². The number of benzene rings is 3. The molecule has 1 atom stereocenters. The van der Waals surface area contributed by atoms with Gasteiger partial charge in [0, 0.05) is 26.2 Å². The maximum atomic E-state index is 13.5. The van der Waals surface area contributed by atoms with Crippen LogP contribution in [0.4, 0.5) is 4.79 Å². The fourth-order valence-corrected chi connectivity index (χ4v) is 5.66. The largest absolute Gasteiger partial charge is 0.327 e. The van der Waals surface area contributed by atoms with Crippen LogP contribution < -0.4 is 5.32 Å². The van der Waals surface area contributed by atoms with Gasteiger partial charge in [-0.1, -0.05) is 103 Å². The van der Waals surface area contributed by atoms with Crippen molar-refractivity contribution < 1.29 is 4.79 Å². The minimum absolute atomic E-state index is 0.000220. The van der Waals surface area contributed by atoms with E-state index in [-0.39, 0.29) is 18.1 Å². The zero-order valence-electron chi connectivity index (χ0n) is 21.9. The van der Waals surface area contributed by atoms with Crippen molar-refractivity contribution in [3.63, 3.8) is 0 Å². The number of urea groups is 1. The fourth-order valence-electron chi connectivity index (χ4n) is 5.66. The number of rotatable bonds is 6. The van der Waals surface area contributed by atoms with Gasteiger partial charge in [0.2, 0.25) is 0 Å². The topological polar surface area (TPSA) is 35.6 Å². The number of amides is 2. The Morgan fingerprint density at radius 1 is 0.838 bits per heavy atom. The highest BCUT2D eigenvalue weighted by Gasteiger charge is 2.31. The van der Waals surface area contributed by atoms with E-state index >= 15 is 0 Å². The zero-order valence-corrected chi connectivity index (χ0v) is 21.9. The number of nitrogens with zero attached hydrogens (tertiary/aromatic N) is 2. The average Bonchev–Trinajstić information content (AvgIpc) is 2.95. The number of carbonyl (C=O) groups is 1. The van der Waals surface area contributed by atoms with Crippen molar-refractivity contribution in [1.82, 2.24) is 15.1 Å². The van der Waals surface area contributed by atoms with E-state index in [1.807, 2.05) is 41.3 Å². The van der Waals surface area contributed by atoms with Crippen LogP contribution >= 0.6 is 0 Å². The predicted octanol–water partition coefficient (Wildman–Crippen LogP) is 6.74. The number of hydrogen-bond donors (Lipinski definition) is 1. The number of carbonyl (C=O) groups excluding carboxylic acids is 1. The van der Waals surface area contributed by atoms with Gasteiger partial charge < -0.3 is 10.2 Å². The third kappa shape index (κ3) is 5.86. The van der Waals surface area contributed by atoms with Gasteiger partial charge in [0.05, 0.1) is 12.1 Å². The van der Waals surface area contributed by atoms with Gasteiger partial charge in [0.15, 0.2) is 0 Å². The van der Waals surface area contributed by atoms with Crippen molar-refractivity contribution in [1.29, 1.82) is 0 Å². The summed E-state index contributed by atoms with van der Waals surface area (Å²) in [4.78, 5) is 18.0. The SMILES string of the molecule is Cc1ccc(C(C2=CC=CCC2)N2CCN(C(=O)NC(c3ccccc3)c3ccccc3)CC2)c(C)c1. The molecule has 2 amide bonds. The molecule has 3 aromatic rings. The minimum atomic E-state index is -0.171. The van der Waals surface area contributed by atoms with Crippen LogP contribution in [-0.2, 0) is 0 Å². The first-order valence-electron chi connectivity index (χ1n) is 13.4. The first-order chi connectivity index (χ1) is 18.1. The Morgan fingerprint density at radius 3 is 2.05 bits per heavy atom. The second-order valence-electron chi connectivity index (χ2n) is 10.2. The number of hydrogen-bond acceptors (Lipinski definition) is 2. The van der Waals surface area contributed by atoms with Gasteiger partial charge in [-0.3, -0.25) is 4.90 Å². The Hall–Kier alpha value is -3.63. The van der Waals surface area contributed by atoms with Crippen LogP contribution in [0.1, 0.15) is 52.7 Å². The Bertz CT molecular complexity index is 1220. The van der Waals surface area contributed by atoms with Gasteiger partial charge in [0.1, 0.15) is 0 Å². The van der Waals surface area contributed by atoms with Crippen LogP contribution in [-0.4, -0.2) is 42.0 Å². The van der Waals surface area contributed by atoms with Crippen LogP contribution in [0.2, 0.25) is 0 Å². The van der Waals surface area contributed by atoms with E-state index in [0.717, 1.165) is 37.1 Å². The Morgan fingerprint density at radius 2 is 1.49 bits per heavy atom. The normalized spacial score (nSPS) is 16.9. The van der Waals surface area contributed by atoms with E-state index in [2.05, 4.69) is 84.8 Å². The van der Waals surface area contributed by atoms with Crippen molar-refractivity contribution in [2.24, 2.45) is 0 Å². The van der Waals surface area contributed by atoms with Crippen molar-refractivity contribution in [3.05, 3.63) is 130 Å². The number of piperazine rings is 1. The predicted molar refractivity (Wildman–Crippen MR) is 152 cm³/mol. The molecular weight excluding hydrogens is 454 g/mol. The molecule has 37 heavy (non-hydrogen) atoms. The van der Waals surface area contributed by atoms with Gasteiger partial charge in [-0.05, 0) is 54.5 Å². The van der Waals surface area contributed by atoms with E-state index in [1.54, 1.807) is 0 Å². The van der Waals surface area contributed by atoms with Gasteiger partial charge in [0.25, 0.3) is 0 Å². The Kier molecular flexibility index (Phi) is 7.86. The van der Waals surface area contributed by atoms with Crippen molar-refractivity contribution >= 4 is 6.03 Å². The first-order valence-corrected chi connectivity index (χ1v) is 13.4. The average molecular weight is 492 g/mol. The number of nitrogens with one attached hydrogen (secondary N) is 1. The summed E-state index contributed by atoms with van der Waals surface area (Å²) in [6.07, 6.45) is 8.94. The second kappa shape index (κ2) is 11.6. The molecule has 1 unspecified atom stereocenters. The third-order valence-corrected chi connectivity index (χ3v) is 7.62. The molecule has 5 rings (SSSR count). The molecule has 0 radical (unpaired) electrons. The number of allylic oxidation sites excluding steroid dienone is 3. The molecule has 1 saturated heterocycles. The van der Waals surface area contributed by atoms with Crippen LogP contribution in [0, 0.1) is 13.8 Å². The molecule has 0 bridgehead atoms. The number of aryl methyl sites for hydroxylation is 2. The first kappa shape index (κ1) is 25.0. The summed E-state index contributed by atoms with van der Waals surface area (Å²) in [5.41, 5.74) is 7.68. The molecule has 1 aliphatic carbocycles. The quantitative estimate of drug-likeness (QED) is 0.415. The molecule has 1 fully saturated rings. The van der Waals surface area contributed by atoms with Crippen molar-refractivity contribution in [2.75, 3.05) is 26.2 Å². The lowest BCUT2D eigenvalue weighted by Crippen LogP contribution is -2.53. The standard InChI is InChI=1S/C33H37N3O/c1-25-18-19-30(26(2)24-25)32(29-16-10-5-11-17-29)35-20-22-36(23-21-35)33(37)34-31(27-12-6-3-7-13-27)28-14-8-4-9-15-28/h3-10,12-16,18-19,24,31-32H,11,17,20-23H2,1-2H3,(H,34,37). The van der Waals surface area contributed by atoms with E-state index in [9.17, 15) is 4.79 Å². The lowest BCUT2D eigenvalue weighted by Gasteiger charge is -2.41. The highest BCUT2D eigenvalue weighted by molar-refractivity contribution is 5.75. The molecular formula is C33H37N3O. The van der Waals surface area contributed by atoms with Crippen LogP contribution in [0.5, 0.6) is 0 Å². The van der Waals surface area contributed by atoms with Crippen molar-refractivity contribution in [2.45, 2.75) is 38.8 Å². The Labute approximate surface area is 221 Å². The molecule has 0 saturated carbocycles. The third-order valence-electron chi connectivity index (χ3n) is 7.62. The van der Waals surface area contributed by atoms with E-state index in [0.29, 0.717) is 13.1 Å². The summed E-state index contributed by atoms with van der Waals surface area (Å²) in [5.74, 6) is 0. The summed E-state index contributed by atoms with van der Waals surface area (Å²) in [6, 6.07) is 27.4. The molecule has 1 aliphatic heterocycles. The molecule has 190 valence electrons. The van der Waals surface area contributed by atoms with Gasteiger partial charge >= 0.3 is 6.03 Å². The maximum absolute atomic E-state index is 13.5. The Balaban J connectivity index is 1.31. The molecule has 0 spiro atoms. The maximum Gasteiger partial charge on any atom is 0.318 e. The van der Waals surface area contributed by atoms with Crippen LogP contribution in [0.15, 0.2) is 103 Å². The van der Waals surface area contributed by atoms with Crippen molar-refractivity contribution in [3.8, 4) is 0 Å². The van der Waals surface area contributed by atoms with E-state index in [4.69, 9.17) is 0 Å². The summed E-state index contributed by atoms with van der Waals surface area (Å²) in [6.45, 7) is 7.52. The highest BCUT2D eigenvalue weighted by Crippen LogP contribution is 2.36. The van der Waals surface area contributed by atoms with Gasteiger partial charge in [-0.25, -0.2) is 4.79 Å². The van der Waals surface area contributed by atoms with E-state index < -0.39 is 0 Å². The molecule has 4 nitrogen and oxygen atoms in total. The summed E-state index contributed by atoms with van der Waals surface area (Å²) in [7, 11) is 0. The second-order valence-corrected chi connectivity index (χ2v) is 10.2.